The molecule has 2 aliphatic rings. The highest BCUT2D eigenvalue weighted by molar-refractivity contribution is 5.98. The van der Waals surface area contributed by atoms with Gasteiger partial charge in [-0.05, 0) is 37.6 Å². The first-order chi connectivity index (χ1) is 12.0. The van der Waals surface area contributed by atoms with Crippen LogP contribution in [0.3, 0.4) is 0 Å². The molecular weight excluding hydrogens is 320 g/mol. The number of benzene rings is 1. The van der Waals surface area contributed by atoms with Crippen molar-refractivity contribution >= 4 is 11.8 Å². The number of piperidine rings is 1. The van der Waals surface area contributed by atoms with Crippen LogP contribution in [0.4, 0.5) is 0 Å². The quantitative estimate of drug-likeness (QED) is 0.907. The summed E-state index contributed by atoms with van der Waals surface area (Å²) in [5, 5.41) is 2.92. The van der Waals surface area contributed by atoms with Gasteiger partial charge in [0, 0.05) is 43.1 Å². The van der Waals surface area contributed by atoms with E-state index in [1.54, 1.807) is 24.3 Å². The first kappa shape index (κ1) is 17.9. The Morgan fingerprint density at radius 2 is 1.68 bits per heavy atom. The van der Waals surface area contributed by atoms with Gasteiger partial charge in [-0.2, -0.15) is 0 Å². The van der Waals surface area contributed by atoms with E-state index < -0.39 is 5.79 Å². The summed E-state index contributed by atoms with van der Waals surface area (Å²) in [7, 11) is 0. The van der Waals surface area contributed by atoms with E-state index in [4.69, 9.17) is 9.47 Å². The van der Waals surface area contributed by atoms with E-state index in [9.17, 15) is 9.59 Å². The van der Waals surface area contributed by atoms with Crippen LogP contribution in [0, 0.1) is 0 Å². The fourth-order valence-electron chi connectivity index (χ4n) is 3.19. The molecule has 6 nitrogen and oxygen atoms in total. The molecule has 6 heteroatoms. The zero-order chi connectivity index (χ0) is 17.9. The van der Waals surface area contributed by atoms with Crippen LogP contribution < -0.4 is 5.32 Å². The van der Waals surface area contributed by atoms with Crippen LogP contribution in [0.1, 0.15) is 53.8 Å². The lowest BCUT2D eigenvalue weighted by atomic mass is 10.0. The van der Waals surface area contributed by atoms with Crippen LogP contribution in [0.25, 0.3) is 0 Å². The van der Waals surface area contributed by atoms with Crippen molar-refractivity contribution in [1.29, 1.82) is 0 Å². The van der Waals surface area contributed by atoms with E-state index in [2.05, 4.69) is 5.32 Å². The third-order valence-electron chi connectivity index (χ3n) is 5.01. The van der Waals surface area contributed by atoms with Crippen molar-refractivity contribution in [1.82, 2.24) is 10.2 Å². The summed E-state index contributed by atoms with van der Waals surface area (Å²) >= 11 is 0. The van der Waals surface area contributed by atoms with Gasteiger partial charge in [-0.25, -0.2) is 0 Å². The lowest BCUT2D eigenvalue weighted by Crippen LogP contribution is -2.47. The van der Waals surface area contributed by atoms with Crippen LogP contribution in [0.2, 0.25) is 0 Å². The zero-order valence-electron chi connectivity index (χ0n) is 14.9. The number of amides is 2. The number of nitrogens with one attached hydrogen (secondary N) is 1. The Morgan fingerprint density at radius 1 is 1.12 bits per heavy atom. The number of hydrogen-bond donors (Lipinski definition) is 1. The minimum absolute atomic E-state index is 0.0123. The molecule has 1 atom stereocenters. The third-order valence-corrected chi connectivity index (χ3v) is 5.01. The highest BCUT2D eigenvalue weighted by atomic mass is 16.7. The molecule has 1 aromatic carbocycles. The van der Waals surface area contributed by atoms with Crippen molar-refractivity contribution in [2.75, 3.05) is 26.3 Å². The monoisotopic (exact) mass is 346 g/mol. The summed E-state index contributed by atoms with van der Waals surface area (Å²) in [4.78, 5) is 26.6. The molecule has 1 N–H and O–H groups in total. The average Bonchev–Trinajstić information content (AvgIpc) is 3.09. The second-order valence-corrected chi connectivity index (χ2v) is 6.76. The molecule has 2 fully saturated rings. The number of carbonyl (C=O) groups is 2. The zero-order valence-corrected chi connectivity index (χ0v) is 14.9. The number of ether oxygens (including phenoxy) is 2. The minimum atomic E-state index is -0.477. The predicted molar refractivity (Wildman–Crippen MR) is 93.4 cm³/mol. The molecule has 136 valence electrons. The van der Waals surface area contributed by atoms with Crippen molar-refractivity contribution in [2.24, 2.45) is 0 Å². The molecule has 0 aliphatic carbocycles. The standard InChI is InChI=1S/C19H26N2O4/c1-3-14(2)20-17(22)15-4-6-16(7-5-15)18(23)21-10-8-19(9-11-21)24-12-13-25-19/h4-7,14H,3,8-13H2,1-2H3,(H,20,22). The number of nitrogens with zero attached hydrogens (tertiary/aromatic N) is 1. The summed E-state index contributed by atoms with van der Waals surface area (Å²) < 4.78 is 11.4. The summed E-state index contributed by atoms with van der Waals surface area (Å²) in [5.41, 5.74) is 1.17. The Bertz CT molecular complexity index is 613. The van der Waals surface area contributed by atoms with Gasteiger partial charge >= 0.3 is 0 Å². The molecule has 25 heavy (non-hydrogen) atoms. The van der Waals surface area contributed by atoms with Crippen molar-refractivity contribution in [3.63, 3.8) is 0 Å². The molecular formula is C19H26N2O4. The molecule has 2 heterocycles. The summed E-state index contributed by atoms with van der Waals surface area (Å²) in [6.07, 6.45) is 2.29. The van der Waals surface area contributed by atoms with Crippen LogP contribution in [-0.4, -0.2) is 54.8 Å². The van der Waals surface area contributed by atoms with Gasteiger partial charge in [0.25, 0.3) is 11.8 Å². The molecule has 1 unspecified atom stereocenters. The second kappa shape index (κ2) is 7.54. The van der Waals surface area contributed by atoms with Gasteiger partial charge in [-0.15, -0.1) is 0 Å². The third kappa shape index (κ3) is 4.02. The predicted octanol–water partition coefficient (Wildman–Crippen LogP) is 2.19. The molecule has 0 aromatic heterocycles. The Labute approximate surface area is 148 Å². The van der Waals surface area contributed by atoms with Crippen molar-refractivity contribution < 1.29 is 19.1 Å². The SMILES string of the molecule is CCC(C)NC(=O)c1ccc(C(=O)N2CCC3(CC2)OCCO3)cc1. The maximum atomic E-state index is 12.7. The molecule has 0 bridgehead atoms. The highest BCUT2D eigenvalue weighted by Gasteiger charge is 2.40. The molecule has 2 saturated heterocycles. The van der Waals surface area contributed by atoms with Gasteiger partial charge in [-0.3, -0.25) is 9.59 Å². The lowest BCUT2D eigenvalue weighted by Gasteiger charge is -2.37. The number of likely N-dealkylation sites (tertiary alicyclic amines) is 1. The van der Waals surface area contributed by atoms with Crippen LogP contribution in [-0.2, 0) is 9.47 Å². The lowest BCUT2D eigenvalue weighted by molar-refractivity contribution is -0.181. The Hall–Kier alpha value is -1.92. The maximum absolute atomic E-state index is 12.7. The first-order valence-electron chi connectivity index (χ1n) is 9.01. The molecule has 1 spiro atoms. The summed E-state index contributed by atoms with van der Waals surface area (Å²) in [6, 6.07) is 7.00. The van der Waals surface area contributed by atoms with E-state index in [0.29, 0.717) is 50.3 Å². The fraction of sp³-hybridized carbons (Fsp3) is 0.579. The van der Waals surface area contributed by atoms with Crippen molar-refractivity contribution in [2.45, 2.75) is 44.9 Å². The molecule has 0 saturated carbocycles. The number of rotatable bonds is 4. The summed E-state index contributed by atoms with van der Waals surface area (Å²) in [6.45, 7) is 6.50. The normalized spacial score (nSPS) is 20.5. The van der Waals surface area contributed by atoms with Gasteiger partial charge in [0.05, 0.1) is 13.2 Å². The Morgan fingerprint density at radius 3 is 2.24 bits per heavy atom. The van der Waals surface area contributed by atoms with Gasteiger partial charge in [0.15, 0.2) is 5.79 Å². The van der Waals surface area contributed by atoms with Crippen molar-refractivity contribution in [3.8, 4) is 0 Å². The fourth-order valence-corrected chi connectivity index (χ4v) is 3.19. The minimum Gasteiger partial charge on any atom is -0.350 e. The van der Waals surface area contributed by atoms with Gasteiger partial charge in [-0.1, -0.05) is 6.92 Å². The van der Waals surface area contributed by atoms with E-state index >= 15 is 0 Å². The number of carbonyl (C=O) groups excluding carboxylic acids is 2. The van der Waals surface area contributed by atoms with Crippen LogP contribution >= 0.6 is 0 Å². The van der Waals surface area contributed by atoms with Crippen molar-refractivity contribution in [3.05, 3.63) is 35.4 Å². The molecule has 2 amide bonds. The highest BCUT2D eigenvalue weighted by Crippen LogP contribution is 2.31. The van der Waals surface area contributed by atoms with Gasteiger partial charge in [0.2, 0.25) is 0 Å². The van der Waals surface area contributed by atoms with E-state index in [1.807, 2.05) is 18.7 Å². The smallest absolute Gasteiger partial charge is 0.253 e. The Kier molecular flexibility index (Phi) is 5.39. The van der Waals surface area contributed by atoms with E-state index in [-0.39, 0.29) is 17.9 Å². The summed E-state index contributed by atoms with van der Waals surface area (Å²) in [5.74, 6) is -0.597. The largest absolute Gasteiger partial charge is 0.350 e. The molecule has 3 rings (SSSR count). The van der Waals surface area contributed by atoms with Crippen LogP contribution in [0.15, 0.2) is 24.3 Å². The molecule has 2 aliphatic heterocycles. The number of hydrogen-bond acceptors (Lipinski definition) is 4. The van der Waals surface area contributed by atoms with Crippen LogP contribution in [0.5, 0.6) is 0 Å². The van der Waals surface area contributed by atoms with Gasteiger partial charge in [0.1, 0.15) is 0 Å². The maximum Gasteiger partial charge on any atom is 0.253 e. The van der Waals surface area contributed by atoms with E-state index in [0.717, 1.165) is 6.42 Å². The van der Waals surface area contributed by atoms with E-state index in [1.165, 1.54) is 0 Å². The Balaban J connectivity index is 1.58. The average molecular weight is 346 g/mol. The first-order valence-corrected chi connectivity index (χ1v) is 9.01. The topological polar surface area (TPSA) is 67.9 Å². The van der Waals surface area contributed by atoms with Gasteiger partial charge < -0.3 is 19.7 Å². The second-order valence-electron chi connectivity index (χ2n) is 6.76. The molecule has 1 aromatic rings. The molecule has 0 radical (unpaired) electrons.